The Hall–Kier alpha value is -1.62. The van der Waals surface area contributed by atoms with Gasteiger partial charge in [0.25, 0.3) is 0 Å². The molecule has 0 fully saturated rings. The largest absolute Gasteiger partial charge is 0.364 e. The van der Waals surface area contributed by atoms with E-state index in [9.17, 15) is 0 Å². The lowest BCUT2D eigenvalue weighted by molar-refractivity contribution is 0.407. The maximum Gasteiger partial charge on any atom is 0.124 e. The molecule has 2 aromatic rings. The van der Waals surface area contributed by atoms with Crippen LogP contribution in [0, 0.1) is 0 Å². The van der Waals surface area contributed by atoms with Gasteiger partial charge in [-0.1, -0.05) is 5.16 Å². The molecule has 1 N–H and O–H groups in total. The molecule has 0 atom stereocenters. The van der Waals surface area contributed by atoms with Gasteiger partial charge in [-0.25, -0.2) is 0 Å². The summed E-state index contributed by atoms with van der Waals surface area (Å²) in [6.45, 7) is 2.47. The Morgan fingerprint density at radius 3 is 3.21 bits per heavy atom. The average Bonchev–Trinajstić information content (AvgIpc) is 2.86. The molecule has 2 aromatic heterocycles. The predicted octanol–water partition coefficient (Wildman–Crippen LogP) is 0.661. The van der Waals surface area contributed by atoms with Gasteiger partial charge in [-0.2, -0.15) is 5.10 Å². The standard InChI is InChI=1S/C9H12N4O/c1-3-11-13(5-1)6-4-10-8-9-2-7-14-12-9/h1-3,5,7,10H,4,6,8H2. The third kappa shape index (κ3) is 2.43. The molecule has 0 bridgehead atoms. The van der Waals surface area contributed by atoms with E-state index in [4.69, 9.17) is 4.52 Å². The molecule has 0 amide bonds. The van der Waals surface area contributed by atoms with Gasteiger partial charge in [0.2, 0.25) is 0 Å². The highest BCUT2D eigenvalue weighted by atomic mass is 16.5. The summed E-state index contributed by atoms with van der Waals surface area (Å²) in [5.41, 5.74) is 0.922. The molecule has 0 aliphatic rings. The van der Waals surface area contributed by atoms with Crippen molar-refractivity contribution in [1.29, 1.82) is 0 Å². The zero-order chi connectivity index (χ0) is 9.64. The van der Waals surface area contributed by atoms with Crippen molar-refractivity contribution in [2.75, 3.05) is 6.54 Å². The minimum Gasteiger partial charge on any atom is -0.364 e. The van der Waals surface area contributed by atoms with Gasteiger partial charge in [-0.05, 0) is 6.07 Å². The molecule has 14 heavy (non-hydrogen) atoms. The van der Waals surface area contributed by atoms with E-state index in [1.807, 2.05) is 23.0 Å². The SMILES string of the molecule is c1cnn(CCNCc2ccon2)c1. The molecule has 2 heterocycles. The molecule has 0 aliphatic heterocycles. The van der Waals surface area contributed by atoms with Crippen LogP contribution in [0.2, 0.25) is 0 Å². The zero-order valence-electron chi connectivity index (χ0n) is 7.76. The molecule has 5 heteroatoms. The fourth-order valence-electron chi connectivity index (χ4n) is 1.17. The van der Waals surface area contributed by atoms with Crippen LogP contribution in [0.25, 0.3) is 0 Å². The minimum absolute atomic E-state index is 0.734. The summed E-state index contributed by atoms with van der Waals surface area (Å²) >= 11 is 0. The highest BCUT2D eigenvalue weighted by Crippen LogP contribution is 1.92. The lowest BCUT2D eigenvalue weighted by Gasteiger charge is -2.02. The summed E-state index contributed by atoms with van der Waals surface area (Å²) in [6, 6.07) is 3.76. The summed E-state index contributed by atoms with van der Waals surface area (Å²) < 4.78 is 6.59. The van der Waals surface area contributed by atoms with E-state index in [1.54, 1.807) is 12.5 Å². The Morgan fingerprint density at radius 2 is 2.50 bits per heavy atom. The number of nitrogens with one attached hydrogen (secondary N) is 1. The van der Waals surface area contributed by atoms with Gasteiger partial charge >= 0.3 is 0 Å². The molecule has 0 aliphatic carbocycles. The first-order valence-electron chi connectivity index (χ1n) is 4.52. The molecule has 5 nitrogen and oxygen atoms in total. The van der Waals surface area contributed by atoms with Crippen molar-refractivity contribution < 1.29 is 4.52 Å². The Morgan fingerprint density at radius 1 is 1.50 bits per heavy atom. The van der Waals surface area contributed by atoms with Crippen LogP contribution in [0.1, 0.15) is 5.69 Å². The van der Waals surface area contributed by atoms with Crippen LogP contribution in [0.4, 0.5) is 0 Å². The summed E-state index contributed by atoms with van der Waals surface area (Å²) in [6.07, 6.45) is 5.29. The number of rotatable bonds is 5. The zero-order valence-corrected chi connectivity index (χ0v) is 7.76. The normalized spacial score (nSPS) is 10.6. The van der Waals surface area contributed by atoms with Crippen LogP contribution in [0.5, 0.6) is 0 Å². The fraction of sp³-hybridized carbons (Fsp3) is 0.333. The summed E-state index contributed by atoms with van der Waals surface area (Å²) in [7, 11) is 0. The quantitative estimate of drug-likeness (QED) is 0.707. The monoisotopic (exact) mass is 192 g/mol. The first-order chi connectivity index (χ1) is 6.95. The van der Waals surface area contributed by atoms with Crippen LogP contribution in [0.3, 0.4) is 0 Å². The van der Waals surface area contributed by atoms with Crippen molar-refractivity contribution >= 4 is 0 Å². The second-order valence-corrected chi connectivity index (χ2v) is 2.94. The first kappa shape index (κ1) is 8.96. The number of nitrogens with zero attached hydrogens (tertiary/aromatic N) is 3. The van der Waals surface area contributed by atoms with Gasteiger partial charge in [0, 0.05) is 31.5 Å². The van der Waals surface area contributed by atoms with Gasteiger partial charge in [0.05, 0.1) is 12.2 Å². The van der Waals surface area contributed by atoms with Gasteiger partial charge in [0.1, 0.15) is 6.26 Å². The fourth-order valence-corrected chi connectivity index (χ4v) is 1.17. The van der Waals surface area contributed by atoms with Crippen LogP contribution >= 0.6 is 0 Å². The van der Waals surface area contributed by atoms with Crippen molar-refractivity contribution in [2.45, 2.75) is 13.1 Å². The van der Waals surface area contributed by atoms with E-state index in [0.29, 0.717) is 0 Å². The van der Waals surface area contributed by atoms with Crippen LogP contribution in [-0.2, 0) is 13.1 Å². The minimum atomic E-state index is 0.734. The van der Waals surface area contributed by atoms with E-state index in [2.05, 4.69) is 15.6 Å². The predicted molar refractivity (Wildman–Crippen MR) is 50.4 cm³/mol. The van der Waals surface area contributed by atoms with Crippen LogP contribution < -0.4 is 5.32 Å². The summed E-state index contributed by atoms with van der Waals surface area (Å²) in [4.78, 5) is 0. The van der Waals surface area contributed by atoms with E-state index >= 15 is 0 Å². The highest BCUT2D eigenvalue weighted by Gasteiger charge is 1.95. The van der Waals surface area contributed by atoms with Crippen molar-refractivity contribution in [3.8, 4) is 0 Å². The maximum absolute atomic E-state index is 4.71. The molecular weight excluding hydrogens is 180 g/mol. The Labute approximate surface area is 81.7 Å². The van der Waals surface area contributed by atoms with Crippen molar-refractivity contribution in [2.24, 2.45) is 0 Å². The molecule has 0 saturated carbocycles. The molecule has 0 spiro atoms. The molecule has 0 aromatic carbocycles. The van der Waals surface area contributed by atoms with E-state index in [0.717, 1.165) is 25.3 Å². The Balaban J connectivity index is 1.65. The summed E-state index contributed by atoms with van der Waals surface area (Å²) in [5.74, 6) is 0. The van der Waals surface area contributed by atoms with Gasteiger partial charge in [-0.3, -0.25) is 4.68 Å². The van der Waals surface area contributed by atoms with Crippen LogP contribution in [0.15, 0.2) is 35.3 Å². The summed E-state index contributed by atoms with van der Waals surface area (Å²) in [5, 5.41) is 11.1. The van der Waals surface area contributed by atoms with Crippen molar-refractivity contribution in [3.63, 3.8) is 0 Å². The third-order valence-electron chi connectivity index (χ3n) is 1.87. The van der Waals surface area contributed by atoms with Gasteiger partial charge in [0.15, 0.2) is 0 Å². The van der Waals surface area contributed by atoms with Crippen molar-refractivity contribution in [1.82, 2.24) is 20.3 Å². The second kappa shape index (κ2) is 4.57. The number of aromatic nitrogens is 3. The van der Waals surface area contributed by atoms with Gasteiger partial charge in [-0.15, -0.1) is 0 Å². The Kier molecular flexibility index (Phi) is 2.92. The molecule has 74 valence electrons. The smallest absolute Gasteiger partial charge is 0.124 e. The number of hydrogen-bond acceptors (Lipinski definition) is 4. The molecule has 2 rings (SSSR count). The first-order valence-corrected chi connectivity index (χ1v) is 4.52. The van der Waals surface area contributed by atoms with E-state index < -0.39 is 0 Å². The third-order valence-corrected chi connectivity index (χ3v) is 1.87. The van der Waals surface area contributed by atoms with Crippen molar-refractivity contribution in [3.05, 3.63) is 36.5 Å². The van der Waals surface area contributed by atoms with Crippen LogP contribution in [-0.4, -0.2) is 21.5 Å². The van der Waals surface area contributed by atoms with Gasteiger partial charge < -0.3 is 9.84 Å². The number of hydrogen-bond donors (Lipinski definition) is 1. The lowest BCUT2D eigenvalue weighted by Crippen LogP contribution is -2.19. The molecule has 0 unspecified atom stereocenters. The van der Waals surface area contributed by atoms with E-state index in [-0.39, 0.29) is 0 Å². The average molecular weight is 192 g/mol. The van der Waals surface area contributed by atoms with E-state index in [1.165, 1.54) is 0 Å². The molecule has 0 radical (unpaired) electrons. The molecule has 0 saturated heterocycles. The Bertz CT molecular complexity index is 305. The topological polar surface area (TPSA) is 55.9 Å². The highest BCUT2D eigenvalue weighted by molar-refractivity contribution is 4.94. The second-order valence-electron chi connectivity index (χ2n) is 2.94. The lowest BCUT2D eigenvalue weighted by atomic mass is 10.4. The maximum atomic E-state index is 4.71. The molecular formula is C9H12N4O.